The highest BCUT2D eigenvalue weighted by Crippen LogP contribution is 2.34. The van der Waals surface area contributed by atoms with Crippen LogP contribution in [0.25, 0.3) is 0 Å². The minimum atomic E-state index is -0.836. The van der Waals surface area contributed by atoms with Crippen molar-refractivity contribution < 1.29 is 19.2 Å². The van der Waals surface area contributed by atoms with Crippen molar-refractivity contribution in [3.8, 4) is 0 Å². The number of esters is 1. The molecule has 0 bridgehead atoms. The SMILES string of the molecule is CCN(C(=O)COC(=O)c1ccc(Sc2nnnn2C)c([N+](=O)[O-])c1)c1ccccc1. The van der Waals surface area contributed by atoms with Crippen LogP contribution in [0.2, 0.25) is 0 Å². The third-order valence-electron chi connectivity index (χ3n) is 4.19. The number of carbonyl (C=O) groups excluding carboxylic acids is 2. The summed E-state index contributed by atoms with van der Waals surface area (Å²) in [7, 11) is 1.60. The Kier molecular flexibility index (Phi) is 6.92. The average Bonchev–Trinajstić information content (AvgIpc) is 3.17. The average molecular weight is 442 g/mol. The molecule has 0 saturated carbocycles. The molecule has 3 rings (SSSR count). The summed E-state index contributed by atoms with van der Waals surface area (Å²) in [6.45, 7) is 1.71. The fourth-order valence-electron chi connectivity index (χ4n) is 2.68. The van der Waals surface area contributed by atoms with Gasteiger partial charge in [0.15, 0.2) is 6.61 Å². The molecule has 0 aliphatic carbocycles. The first-order valence-corrected chi connectivity index (χ1v) is 9.93. The van der Waals surface area contributed by atoms with Crippen LogP contribution in [0.1, 0.15) is 17.3 Å². The molecule has 0 unspecified atom stereocenters. The Labute approximate surface area is 181 Å². The van der Waals surface area contributed by atoms with E-state index < -0.39 is 23.4 Å². The van der Waals surface area contributed by atoms with E-state index in [1.165, 1.54) is 21.7 Å². The maximum atomic E-state index is 12.5. The molecule has 0 fully saturated rings. The van der Waals surface area contributed by atoms with Gasteiger partial charge in [0.1, 0.15) is 0 Å². The van der Waals surface area contributed by atoms with Gasteiger partial charge in [0.2, 0.25) is 5.16 Å². The van der Waals surface area contributed by atoms with Crippen LogP contribution in [-0.2, 0) is 16.6 Å². The van der Waals surface area contributed by atoms with Crippen molar-refractivity contribution in [2.24, 2.45) is 7.05 Å². The van der Waals surface area contributed by atoms with Crippen molar-refractivity contribution in [1.29, 1.82) is 0 Å². The topological polar surface area (TPSA) is 133 Å². The fourth-order valence-corrected chi connectivity index (χ4v) is 3.50. The normalized spacial score (nSPS) is 10.5. The zero-order valence-electron chi connectivity index (χ0n) is 16.7. The number of para-hydroxylation sites is 1. The van der Waals surface area contributed by atoms with Gasteiger partial charge in [-0.3, -0.25) is 14.9 Å². The van der Waals surface area contributed by atoms with Crippen molar-refractivity contribution in [3.63, 3.8) is 0 Å². The number of aryl methyl sites for hydroxylation is 1. The molecule has 0 atom stereocenters. The number of nitrogens with zero attached hydrogens (tertiary/aromatic N) is 6. The molecule has 1 aromatic heterocycles. The van der Waals surface area contributed by atoms with Crippen molar-refractivity contribution in [3.05, 3.63) is 64.2 Å². The van der Waals surface area contributed by atoms with Crippen LogP contribution < -0.4 is 4.90 Å². The minimum absolute atomic E-state index is 0.0392. The van der Waals surface area contributed by atoms with Gasteiger partial charge >= 0.3 is 5.97 Å². The van der Waals surface area contributed by atoms with Crippen molar-refractivity contribution in [2.45, 2.75) is 17.0 Å². The number of aromatic nitrogens is 4. The number of nitro groups is 1. The highest BCUT2D eigenvalue weighted by atomic mass is 32.2. The molecular formula is C19H18N6O5S. The molecule has 160 valence electrons. The van der Waals surface area contributed by atoms with Gasteiger partial charge in [0.25, 0.3) is 11.6 Å². The Balaban J connectivity index is 1.71. The summed E-state index contributed by atoms with van der Waals surface area (Å²) in [4.78, 5) is 37.5. The van der Waals surface area contributed by atoms with Gasteiger partial charge in [0.05, 0.1) is 15.4 Å². The molecule has 31 heavy (non-hydrogen) atoms. The van der Waals surface area contributed by atoms with E-state index >= 15 is 0 Å². The molecule has 11 nitrogen and oxygen atoms in total. The number of ether oxygens (including phenoxy) is 1. The first kappa shape index (κ1) is 21.9. The highest BCUT2D eigenvalue weighted by molar-refractivity contribution is 7.99. The highest BCUT2D eigenvalue weighted by Gasteiger charge is 2.22. The molecule has 0 aliphatic heterocycles. The standard InChI is InChI=1S/C19H18N6O5S/c1-3-24(14-7-5-4-6-8-14)17(26)12-30-18(27)13-9-10-16(15(11-13)25(28)29)31-19-20-21-22-23(19)2/h4-11H,3,12H2,1-2H3. The Morgan fingerprint density at radius 3 is 2.58 bits per heavy atom. The molecular weight excluding hydrogens is 424 g/mol. The molecule has 1 heterocycles. The summed E-state index contributed by atoms with van der Waals surface area (Å²) >= 11 is 0.991. The van der Waals surface area contributed by atoms with Crippen LogP contribution in [-0.4, -0.2) is 50.2 Å². The summed E-state index contributed by atoms with van der Waals surface area (Å²) in [6.07, 6.45) is 0. The number of rotatable bonds is 8. The number of carbonyl (C=O) groups is 2. The third kappa shape index (κ3) is 5.22. The number of hydrogen-bond acceptors (Lipinski definition) is 9. The van der Waals surface area contributed by atoms with Crippen LogP contribution in [0.4, 0.5) is 11.4 Å². The number of tetrazole rings is 1. The van der Waals surface area contributed by atoms with E-state index in [4.69, 9.17) is 4.74 Å². The van der Waals surface area contributed by atoms with Gasteiger partial charge in [-0.15, -0.1) is 5.10 Å². The van der Waals surface area contributed by atoms with E-state index in [-0.39, 0.29) is 16.1 Å². The van der Waals surface area contributed by atoms with E-state index in [9.17, 15) is 19.7 Å². The Morgan fingerprint density at radius 2 is 1.97 bits per heavy atom. The fraction of sp³-hybridized carbons (Fsp3) is 0.211. The molecule has 0 saturated heterocycles. The van der Waals surface area contributed by atoms with E-state index in [0.717, 1.165) is 17.8 Å². The van der Waals surface area contributed by atoms with Crippen LogP contribution in [0.15, 0.2) is 58.6 Å². The lowest BCUT2D eigenvalue weighted by atomic mass is 10.2. The second kappa shape index (κ2) is 9.80. The molecule has 0 radical (unpaired) electrons. The molecule has 0 spiro atoms. The number of benzene rings is 2. The van der Waals surface area contributed by atoms with Gasteiger partial charge in [-0.05, 0) is 53.4 Å². The molecule has 1 amide bonds. The zero-order chi connectivity index (χ0) is 22.4. The van der Waals surface area contributed by atoms with Crippen LogP contribution in [0, 0.1) is 10.1 Å². The second-order valence-corrected chi connectivity index (χ2v) is 7.19. The van der Waals surface area contributed by atoms with Crippen molar-refractivity contribution in [2.75, 3.05) is 18.1 Å². The quantitative estimate of drug-likeness (QED) is 0.293. The van der Waals surface area contributed by atoms with Crippen LogP contribution in [0.5, 0.6) is 0 Å². The lowest BCUT2D eigenvalue weighted by Crippen LogP contribution is -2.34. The zero-order valence-corrected chi connectivity index (χ0v) is 17.5. The second-order valence-electron chi connectivity index (χ2n) is 6.18. The maximum Gasteiger partial charge on any atom is 0.338 e. The summed E-state index contributed by atoms with van der Waals surface area (Å²) in [5.41, 5.74) is 0.345. The number of amides is 1. The number of hydrogen-bond donors (Lipinski definition) is 0. The van der Waals surface area contributed by atoms with Gasteiger partial charge in [0, 0.05) is 25.3 Å². The summed E-state index contributed by atoms with van der Waals surface area (Å²) < 4.78 is 6.47. The van der Waals surface area contributed by atoms with Gasteiger partial charge in [-0.25, -0.2) is 9.48 Å². The van der Waals surface area contributed by atoms with Gasteiger partial charge in [-0.2, -0.15) is 0 Å². The summed E-state index contributed by atoms with van der Waals surface area (Å²) in [6, 6.07) is 12.9. The first-order valence-electron chi connectivity index (χ1n) is 9.12. The first-order chi connectivity index (χ1) is 14.9. The molecule has 2 aromatic carbocycles. The molecule has 0 aliphatic rings. The van der Waals surface area contributed by atoms with E-state index in [1.807, 2.05) is 6.07 Å². The summed E-state index contributed by atoms with van der Waals surface area (Å²) in [5.74, 6) is -1.24. The lowest BCUT2D eigenvalue weighted by Gasteiger charge is -2.20. The van der Waals surface area contributed by atoms with Crippen LogP contribution in [0.3, 0.4) is 0 Å². The van der Waals surface area contributed by atoms with E-state index in [0.29, 0.717) is 17.4 Å². The van der Waals surface area contributed by atoms with Crippen LogP contribution >= 0.6 is 11.8 Å². The molecule has 12 heteroatoms. The summed E-state index contributed by atoms with van der Waals surface area (Å²) in [5, 5.41) is 22.8. The van der Waals surface area contributed by atoms with Crippen molar-refractivity contribution >= 4 is 35.0 Å². The van der Waals surface area contributed by atoms with Gasteiger partial charge in [-0.1, -0.05) is 18.2 Å². The number of likely N-dealkylation sites (N-methyl/N-ethyl adjacent to an activating group) is 1. The minimum Gasteiger partial charge on any atom is -0.452 e. The predicted molar refractivity (Wildman–Crippen MR) is 111 cm³/mol. The van der Waals surface area contributed by atoms with Crippen molar-refractivity contribution in [1.82, 2.24) is 20.2 Å². The Hall–Kier alpha value is -3.80. The monoisotopic (exact) mass is 442 g/mol. The van der Waals surface area contributed by atoms with E-state index in [1.54, 1.807) is 38.2 Å². The maximum absolute atomic E-state index is 12.5. The molecule has 3 aromatic rings. The largest absolute Gasteiger partial charge is 0.452 e. The third-order valence-corrected chi connectivity index (χ3v) is 5.28. The number of nitro benzene ring substituents is 1. The Morgan fingerprint density at radius 1 is 1.23 bits per heavy atom. The number of anilines is 1. The van der Waals surface area contributed by atoms with E-state index in [2.05, 4.69) is 15.5 Å². The smallest absolute Gasteiger partial charge is 0.338 e. The van der Waals surface area contributed by atoms with Gasteiger partial charge < -0.3 is 9.64 Å². The molecule has 0 N–H and O–H groups in total. The Bertz CT molecular complexity index is 1100. The lowest BCUT2D eigenvalue weighted by molar-refractivity contribution is -0.387. The predicted octanol–water partition coefficient (Wildman–Crippen LogP) is 2.48.